The van der Waals surface area contributed by atoms with Crippen molar-refractivity contribution in [1.29, 1.82) is 0 Å². The highest BCUT2D eigenvalue weighted by atomic mass is 16.3. The van der Waals surface area contributed by atoms with Gasteiger partial charge in [0.25, 0.3) is 0 Å². The van der Waals surface area contributed by atoms with E-state index in [2.05, 4.69) is 19.2 Å². The lowest BCUT2D eigenvalue weighted by molar-refractivity contribution is -0.120. The normalized spacial score (nSPS) is 50.7. The van der Waals surface area contributed by atoms with Crippen LogP contribution in [0, 0.1) is 34.5 Å². The maximum absolute atomic E-state index is 11.3. The number of rotatable bonds is 1. The molecule has 1 amide bonds. The molecule has 0 heterocycles. The fourth-order valence-electron chi connectivity index (χ4n) is 7.43. The Labute approximate surface area is 152 Å². The zero-order valence-electron chi connectivity index (χ0n) is 16.2. The van der Waals surface area contributed by atoms with Crippen LogP contribution in [0.3, 0.4) is 0 Å². The summed E-state index contributed by atoms with van der Waals surface area (Å²) in [4.78, 5) is 11.3. The number of nitrogens with one attached hydrogen (secondary N) is 1. The lowest BCUT2D eigenvalue weighted by Gasteiger charge is -2.60. The van der Waals surface area contributed by atoms with Crippen LogP contribution in [0.1, 0.15) is 78.6 Å². The molecule has 0 aliphatic heterocycles. The molecule has 0 bridgehead atoms. The van der Waals surface area contributed by atoms with Gasteiger partial charge in [-0.05, 0) is 92.3 Å². The Kier molecular flexibility index (Phi) is 4.30. The highest BCUT2D eigenvalue weighted by molar-refractivity contribution is 5.74. The number of hydrogen-bond acceptors (Lipinski definition) is 2. The first kappa shape index (κ1) is 17.6. The van der Waals surface area contributed by atoms with Crippen LogP contribution < -0.4 is 5.32 Å². The highest BCUT2D eigenvalue weighted by Crippen LogP contribution is 2.66. The van der Waals surface area contributed by atoms with Gasteiger partial charge in [-0.3, -0.25) is 4.79 Å². The molecule has 0 aromatic carbocycles. The van der Waals surface area contributed by atoms with Gasteiger partial charge < -0.3 is 10.4 Å². The molecule has 0 radical (unpaired) electrons. The van der Waals surface area contributed by atoms with E-state index in [9.17, 15) is 9.90 Å². The van der Waals surface area contributed by atoms with E-state index in [0.29, 0.717) is 10.8 Å². The Bertz CT molecular complexity index is 585. The molecule has 3 nitrogen and oxygen atoms in total. The van der Waals surface area contributed by atoms with E-state index in [1.54, 1.807) is 6.92 Å². The second-order valence-electron chi connectivity index (χ2n) is 10.2. The van der Waals surface area contributed by atoms with E-state index in [1.807, 2.05) is 6.20 Å². The zero-order chi connectivity index (χ0) is 17.8. The smallest absolute Gasteiger partial charge is 0.220 e. The average Bonchev–Trinajstić information content (AvgIpc) is 2.90. The predicted molar refractivity (Wildman–Crippen MR) is 99.6 cm³/mol. The van der Waals surface area contributed by atoms with Crippen molar-refractivity contribution in [2.75, 3.05) is 0 Å². The molecular formula is C22H35NO2. The summed E-state index contributed by atoms with van der Waals surface area (Å²) in [6, 6.07) is 0. The van der Waals surface area contributed by atoms with Gasteiger partial charge >= 0.3 is 0 Å². The van der Waals surface area contributed by atoms with Crippen molar-refractivity contribution in [3.63, 3.8) is 0 Å². The zero-order valence-corrected chi connectivity index (χ0v) is 16.2. The monoisotopic (exact) mass is 345 g/mol. The maximum Gasteiger partial charge on any atom is 0.220 e. The van der Waals surface area contributed by atoms with E-state index in [4.69, 9.17) is 0 Å². The Morgan fingerprint density at radius 1 is 1.16 bits per heavy atom. The van der Waals surface area contributed by atoms with Crippen molar-refractivity contribution in [2.45, 2.75) is 84.7 Å². The highest BCUT2D eigenvalue weighted by Gasteiger charge is 2.58. The number of allylic oxidation sites excluding steroid dienone is 1. The lowest BCUT2D eigenvalue weighted by Crippen LogP contribution is -2.53. The number of fused-ring (bicyclic) bond motifs is 5. The molecule has 0 saturated heterocycles. The van der Waals surface area contributed by atoms with Crippen LogP contribution in [-0.4, -0.2) is 17.1 Å². The van der Waals surface area contributed by atoms with Gasteiger partial charge in [0.15, 0.2) is 0 Å². The third-order valence-electron chi connectivity index (χ3n) is 8.75. The molecule has 4 aliphatic rings. The van der Waals surface area contributed by atoms with Crippen molar-refractivity contribution >= 4 is 5.91 Å². The van der Waals surface area contributed by atoms with Gasteiger partial charge in [-0.15, -0.1) is 0 Å². The van der Waals surface area contributed by atoms with Crippen LogP contribution in [0.2, 0.25) is 0 Å². The number of hydrogen-bond donors (Lipinski definition) is 2. The lowest BCUT2D eigenvalue weighted by atomic mass is 9.45. The Morgan fingerprint density at radius 3 is 2.72 bits per heavy atom. The summed E-state index contributed by atoms with van der Waals surface area (Å²) in [6.45, 7) is 6.64. The van der Waals surface area contributed by atoms with Gasteiger partial charge in [-0.25, -0.2) is 0 Å². The first-order valence-electron chi connectivity index (χ1n) is 10.4. The number of aliphatic hydroxyl groups is 1. The number of aliphatic hydroxyl groups excluding tert-OH is 1. The molecule has 4 aliphatic carbocycles. The number of carbonyl (C=O) groups is 1. The van der Waals surface area contributed by atoms with Gasteiger partial charge in [0.2, 0.25) is 5.91 Å². The van der Waals surface area contributed by atoms with Crippen LogP contribution in [0.25, 0.3) is 0 Å². The molecule has 0 aromatic rings. The summed E-state index contributed by atoms with van der Waals surface area (Å²) in [5.74, 6) is 3.25. The second kappa shape index (κ2) is 6.11. The van der Waals surface area contributed by atoms with E-state index in [1.165, 1.54) is 50.5 Å². The first-order chi connectivity index (χ1) is 11.8. The molecule has 2 N–H and O–H groups in total. The van der Waals surface area contributed by atoms with Crippen LogP contribution >= 0.6 is 0 Å². The average molecular weight is 346 g/mol. The van der Waals surface area contributed by atoms with Crippen LogP contribution in [-0.2, 0) is 4.79 Å². The van der Waals surface area contributed by atoms with Gasteiger partial charge in [0.1, 0.15) is 0 Å². The van der Waals surface area contributed by atoms with Crippen molar-refractivity contribution in [1.82, 2.24) is 5.32 Å². The fourth-order valence-corrected chi connectivity index (χ4v) is 7.43. The van der Waals surface area contributed by atoms with E-state index >= 15 is 0 Å². The summed E-state index contributed by atoms with van der Waals surface area (Å²) >= 11 is 0. The van der Waals surface area contributed by atoms with Crippen molar-refractivity contribution in [3.05, 3.63) is 11.8 Å². The van der Waals surface area contributed by atoms with Gasteiger partial charge in [-0.1, -0.05) is 19.4 Å². The minimum Gasteiger partial charge on any atom is -0.393 e. The molecule has 7 atom stereocenters. The maximum atomic E-state index is 11.3. The van der Waals surface area contributed by atoms with E-state index < -0.39 is 0 Å². The quantitative estimate of drug-likeness (QED) is 0.739. The summed E-state index contributed by atoms with van der Waals surface area (Å²) in [5.41, 5.74) is 2.34. The number of amides is 1. The van der Waals surface area contributed by atoms with Crippen molar-refractivity contribution in [3.8, 4) is 0 Å². The molecular weight excluding hydrogens is 310 g/mol. The Hall–Kier alpha value is -0.830. The fraction of sp³-hybridized carbons (Fsp3) is 0.864. The molecule has 0 spiro atoms. The largest absolute Gasteiger partial charge is 0.393 e. The minimum absolute atomic E-state index is 0.0409. The molecule has 0 aromatic heterocycles. The van der Waals surface area contributed by atoms with Crippen LogP contribution in [0.5, 0.6) is 0 Å². The molecule has 4 fully saturated rings. The molecule has 3 heteroatoms. The first-order valence-corrected chi connectivity index (χ1v) is 10.4. The molecule has 1 unspecified atom stereocenters. The predicted octanol–water partition coefficient (Wildman–Crippen LogP) is 4.41. The second-order valence-corrected chi connectivity index (χ2v) is 10.2. The molecule has 25 heavy (non-hydrogen) atoms. The molecule has 4 rings (SSSR count). The summed E-state index contributed by atoms with van der Waals surface area (Å²) < 4.78 is 0. The standard InChI is InChI=1S/C22H35NO2/c1-14(24)23-13-15-10-20-18-5-4-16-11-17(25)6-9-22(16,3)19(18)7-8-21(20,2)12-15/h13,16-20,25H,4-12H2,1-3H3,(H,23,24)/b15-13-/t16-,17?,18+,19-,20-,21+,22-/m0/s1. The number of carbonyl (C=O) groups excluding carboxylic acids is 1. The van der Waals surface area contributed by atoms with Crippen LogP contribution in [0.4, 0.5) is 0 Å². The third kappa shape index (κ3) is 2.87. The topological polar surface area (TPSA) is 49.3 Å². The van der Waals surface area contributed by atoms with Crippen molar-refractivity contribution in [2.24, 2.45) is 34.5 Å². The minimum atomic E-state index is -0.0536. The van der Waals surface area contributed by atoms with E-state index in [0.717, 1.165) is 36.5 Å². The summed E-state index contributed by atoms with van der Waals surface area (Å²) in [5, 5.41) is 13.1. The third-order valence-corrected chi connectivity index (χ3v) is 8.75. The van der Waals surface area contributed by atoms with Gasteiger partial charge in [0, 0.05) is 13.1 Å². The SMILES string of the molecule is CC(=O)N/C=C1/C[C@H]2[C@@H]3CC[C@H]4CC(O)CC[C@]4(C)[C@H]3CC[C@]2(C)C1. The molecule has 4 saturated carbocycles. The Balaban J connectivity index is 1.56. The van der Waals surface area contributed by atoms with Gasteiger partial charge in [0.05, 0.1) is 6.10 Å². The van der Waals surface area contributed by atoms with E-state index in [-0.39, 0.29) is 12.0 Å². The van der Waals surface area contributed by atoms with Gasteiger partial charge in [-0.2, -0.15) is 0 Å². The summed E-state index contributed by atoms with van der Waals surface area (Å²) in [7, 11) is 0. The Morgan fingerprint density at radius 2 is 1.96 bits per heavy atom. The molecule has 140 valence electrons. The summed E-state index contributed by atoms with van der Waals surface area (Å²) in [6.07, 6.45) is 12.9. The van der Waals surface area contributed by atoms with Crippen molar-refractivity contribution < 1.29 is 9.90 Å². The van der Waals surface area contributed by atoms with Crippen LogP contribution in [0.15, 0.2) is 11.8 Å².